The maximum Gasteiger partial charge on any atom is 0.227 e. The van der Waals surface area contributed by atoms with Crippen LogP contribution < -0.4 is 10.1 Å². The zero-order valence-electron chi connectivity index (χ0n) is 11.1. The Morgan fingerprint density at radius 3 is 3.05 bits per heavy atom. The van der Waals surface area contributed by atoms with Crippen LogP contribution in [-0.4, -0.2) is 18.6 Å². The van der Waals surface area contributed by atoms with Crippen molar-refractivity contribution in [3.63, 3.8) is 0 Å². The Balaban J connectivity index is 1.81. The summed E-state index contributed by atoms with van der Waals surface area (Å²) >= 11 is 0. The Bertz CT molecular complexity index is 792. The second-order valence-corrected chi connectivity index (χ2v) is 4.90. The van der Waals surface area contributed by atoms with Crippen LogP contribution in [0.15, 0.2) is 40.8 Å². The first-order valence-electron chi connectivity index (χ1n) is 6.65. The quantitative estimate of drug-likeness (QED) is 0.771. The number of rotatable bonds is 2. The van der Waals surface area contributed by atoms with E-state index >= 15 is 0 Å². The number of aromatic nitrogens is 1. The molecule has 4 rings (SSSR count). The second-order valence-electron chi connectivity index (χ2n) is 4.90. The summed E-state index contributed by atoms with van der Waals surface area (Å²) in [6.45, 7) is 1.00. The first-order valence-corrected chi connectivity index (χ1v) is 6.65. The predicted octanol–water partition coefficient (Wildman–Crippen LogP) is 3.47. The van der Waals surface area contributed by atoms with Gasteiger partial charge in [-0.3, -0.25) is 0 Å². The molecule has 0 amide bonds. The van der Waals surface area contributed by atoms with Crippen LogP contribution in [-0.2, 0) is 6.42 Å². The lowest BCUT2D eigenvalue weighted by Crippen LogP contribution is -1.91. The number of oxazole rings is 1. The van der Waals surface area contributed by atoms with E-state index in [9.17, 15) is 0 Å². The molecule has 1 aromatic heterocycles. The minimum absolute atomic E-state index is 0.643. The molecule has 1 aliphatic heterocycles. The van der Waals surface area contributed by atoms with E-state index in [-0.39, 0.29) is 0 Å². The number of ether oxygens (including phenoxy) is 1. The van der Waals surface area contributed by atoms with Crippen molar-refractivity contribution in [1.29, 1.82) is 0 Å². The number of nitrogens with zero attached hydrogens (tertiary/aromatic N) is 1. The van der Waals surface area contributed by atoms with Gasteiger partial charge in [0.1, 0.15) is 11.3 Å². The molecule has 3 aromatic rings. The first kappa shape index (κ1) is 11.3. The van der Waals surface area contributed by atoms with Gasteiger partial charge in [-0.2, -0.15) is 0 Å². The molecule has 0 aliphatic carbocycles. The van der Waals surface area contributed by atoms with Gasteiger partial charge in [-0.25, -0.2) is 4.98 Å². The molecule has 4 heteroatoms. The van der Waals surface area contributed by atoms with Crippen molar-refractivity contribution in [3.8, 4) is 17.2 Å². The third-order valence-electron chi connectivity index (χ3n) is 3.66. The molecule has 2 heterocycles. The monoisotopic (exact) mass is 266 g/mol. The minimum atomic E-state index is 0.643. The number of nitrogens with one attached hydrogen (secondary N) is 1. The van der Waals surface area contributed by atoms with Crippen LogP contribution in [0.25, 0.3) is 22.6 Å². The van der Waals surface area contributed by atoms with Crippen molar-refractivity contribution in [1.82, 2.24) is 4.98 Å². The van der Waals surface area contributed by atoms with E-state index in [0.29, 0.717) is 5.89 Å². The lowest BCUT2D eigenvalue weighted by molar-refractivity contribution is 0.415. The summed E-state index contributed by atoms with van der Waals surface area (Å²) in [5, 5.41) is 3.37. The number of methoxy groups -OCH3 is 1. The molecule has 100 valence electrons. The van der Waals surface area contributed by atoms with Gasteiger partial charge in [0.2, 0.25) is 5.89 Å². The van der Waals surface area contributed by atoms with E-state index in [1.54, 1.807) is 7.11 Å². The minimum Gasteiger partial charge on any atom is -0.497 e. The summed E-state index contributed by atoms with van der Waals surface area (Å²) in [6, 6.07) is 11.9. The maximum atomic E-state index is 5.82. The average molecular weight is 266 g/mol. The van der Waals surface area contributed by atoms with Crippen LogP contribution in [0.2, 0.25) is 0 Å². The zero-order valence-corrected chi connectivity index (χ0v) is 11.1. The van der Waals surface area contributed by atoms with Crippen LogP contribution in [0.3, 0.4) is 0 Å². The standard InChI is InChI=1S/C16H14N2O2/c1-19-12-4-5-15-14(9-12)18-16(20-15)11-3-2-10-6-7-17-13(10)8-11/h2-5,8-9,17H,6-7H2,1H3. The summed E-state index contributed by atoms with van der Waals surface area (Å²) in [4.78, 5) is 4.54. The van der Waals surface area contributed by atoms with Crippen molar-refractivity contribution >= 4 is 16.8 Å². The van der Waals surface area contributed by atoms with E-state index in [1.165, 1.54) is 11.3 Å². The van der Waals surface area contributed by atoms with Gasteiger partial charge < -0.3 is 14.5 Å². The molecule has 0 atom stereocenters. The van der Waals surface area contributed by atoms with Crippen molar-refractivity contribution in [3.05, 3.63) is 42.0 Å². The fourth-order valence-electron chi connectivity index (χ4n) is 2.58. The fourth-order valence-corrected chi connectivity index (χ4v) is 2.58. The number of benzene rings is 2. The van der Waals surface area contributed by atoms with Gasteiger partial charge in [0.05, 0.1) is 7.11 Å². The molecule has 0 spiro atoms. The molecule has 0 fully saturated rings. The van der Waals surface area contributed by atoms with Gasteiger partial charge in [-0.15, -0.1) is 0 Å². The molecule has 2 aromatic carbocycles. The Hall–Kier alpha value is -2.49. The van der Waals surface area contributed by atoms with E-state index < -0.39 is 0 Å². The van der Waals surface area contributed by atoms with Crippen LogP contribution in [0.1, 0.15) is 5.56 Å². The van der Waals surface area contributed by atoms with E-state index in [1.807, 2.05) is 18.2 Å². The lowest BCUT2D eigenvalue weighted by Gasteiger charge is -2.01. The number of hydrogen-bond acceptors (Lipinski definition) is 4. The third-order valence-corrected chi connectivity index (χ3v) is 3.66. The Labute approximate surface area is 116 Å². The molecule has 1 aliphatic rings. The van der Waals surface area contributed by atoms with Crippen molar-refractivity contribution in [2.45, 2.75) is 6.42 Å². The van der Waals surface area contributed by atoms with Crippen molar-refractivity contribution in [2.24, 2.45) is 0 Å². The summed E-state index contributed by atoms with van der Waals surface area (Å²) in [5.74, 6) is 1.43. The van der Waals surface area contributed by atoms with Crippen LogP contribution >= 0.6 is 0 Å². The normalized spacial score (nSPS) is 13.2. The second kappa shape index (κ2) is 4.27. The van der Waals surface area contributed by atoms with E-state index in [4.69, 9.17) is 9.15 Å². The molecule has 0 unspecified atom stereocenters. The number of anilines is 1. The van der Waals surface area contributed by atoms with Gasteiger partial charge in [0.15, 0.2) is 5.58 Å². The SMILES string of the molecule is COc1ccc2oc(-c3ccc4c(c3)NCC4)nc2c1. The molecular formula is C16H14N2O2. The Kier molecular flexibility index (Phi) is 2.42. The van der Waals surface area contributed by atoms with Crippen LogP contribution in [0.5, 0.6) is 5.75 Å². The average Bonchev–Trinajstić information content (AvgIpc) is 3.11. The Morgan fingerprint density at radius 1 is 1.20 bits per heavy atom. The molecule has 4 nitrogen and oxygen atoms in total. The molecule has 0 bridgehead atoms. The highest BCUT2D eigenvalue weighted by Crippen LogP contribution is 2.31. The highest BCUT2D eigenvalue weighted by molar-refractivity contribution is 5.78. The van der Waals surface area contributed by atoms with Gasteiger partial charge in [-0.1, -0.05) is 6.07 Å². The van der Waals surface area contributed by atoms with E-state index in [0.717, 1.165) is 35.4 Å². The van der Waals surface area contributed by atoms with Crippen LogP contribution in [0.4, 0.5) is 5.69 Å². The Morgan fingerprint density at radius 2 is 2.15 bits per heavy atom. The molecule has 1 N–H and O–H groups in total. The third kappa shape index (κ3) is 1.72. The van der Waals surface area contributed by atoms with Gasteiger partial charge in [0.25, 0.3) is 0 Å². The lowest BCUT2D eigenvalue weighted by atomic mass is 10.1. The molecule has 0 saturated heterocycles. The van der Waals surface area contributed by atoms with Crippen molar-refractivity contribution < 1.29 is 9.15 Å². The molecule has 20 heavy (non-hydrogen) atoms. The summed E-state index contributed by atoms with van der Waals surface area (Å²) in [6.07, 6.45) is 1.08. The first-order chi connectivity index (χ1) is 9.83. The van der Waals surface area contributed by atoms with Gasteiger partial charge in [-0.05, 0) is 36.2 Å². The molecule has 0 radical (unpaired) electrons. The molecular weight excluding hydrogens is 252 g/mol. The van der Waals surface area contributed by atoms with Crippen LogP contribution in [0, 0.1) is 0 Å². The number of fused-ring (bicyclic) bond motifs is 2. The smallest absolute Gasteiger partial charge is 0.227 e. The zero-order chi connectivity index (χ0) is 13.5. The highest BCUT2D eigenvalue weighted by Gasteiger charge is 2.14. The van der Waals surface area contributed by atoms with E-state index in [2.05, 4.69) is 28.5 Å². The summed E-state index contributed by atoms with van der Waals surface area (Å²) in [7, 11) is 1.65. The molecule has 0 saturated carbocycles. The predicted molar refractivity (Wildman–Crippen MR) is 78.2 cm³/mol. The maximum absolute atomic E-state index is 5.82. The van der Waals surface area contributed by atoms with Gasteiger partial charge >= 0.3 is 0 Å². The number of hydrogen-bond donors (Lipinski definition) is 1. The van der Waals surface area contributed by atoms with Gasteiger partial charge in [0, 0.05) is 23.9 Å². The topological polar surface area (TPSA) is 47.3 Å². The summed E-state index contributed by atoms with van der Waals surface area (Å²) < 4.78 is 11.0. The van der Waals surface area contributed by atoms with Crippen molar-refractivity contribution in [2.75, 3.05) is 19.0 Å². The summed E-state index contributed by atoms with van der Waals surface area (Å²) in [5.41, 5.74) is 5.12. The fraction of sp³-hybridized carbons (Fsp3) is 0.188. The largest absolute Gasteiger partial charge is 0.497 e. The highest BCUT2D eigenvalue weighted by atomic mass is 16.5.